The fourth-order valence-electron chi connectivity index (χ4n) is 2.04. The standard InChI is InChI=1S/C12H13F3N2O/c1-3-17-10-5-4-8(12(13,14)15)6-9(10)16-7(2)11(17)18/h4-7,16H,3H2,1-2H3. The minimum Gasteiger partial charge on any atom is -0.372 e. The van der Waals surface area contributed by atoms with Gasteiger partial charge in [-0.3, -0.25) is 4.79 Å². The largest absolute Gasteiger partial charge is 0.416 e. The van der Waals surface area contributed by atoms with Crippen LogP contribution in [-0.4, -0.2) is 18.5 Å². The van der Waals surface area contributed by atoms with Crippen molar-refractivity contribution in [3.8, 4) is 0 Å². The first-order valence-corrected chi connectivity index (χ1v) is 5.63. The number of likely N-dealkylation sites (N-methyl/N-ethyl adjacent to an activating group) is 1. The Balaban J connectivity index is 2.48. The van der Waals surface area contributed by atoms with E-state index in [0.717, 1.165) is 12.1 Å². The average molecular weight is 258 g/mol. The van der Waals surface area contributed by atoms with E-state index in [1.165, 1.54) is 11.0 Å². The predicted molar refractivity (Wildman–Crippen MR) is 62.6 cm³/mol. The van der Waals surface area contributed by atoms with Crippen molar-refractivity contribution in [3.63, 3.8) is 0 Å². The van der Waals surface area contributed by atoms with Crippen molar-refractivity contribution in [3.05, 3.63) is 23.8 Å². The van der Waals surface area contributed by atoms with E-state index in [2.05, 4.69) is 5.32 Å². The molecule has 1 aromatic rings. The molecule has 0 spiro atoms. The van der Waals surface area contributed by atoms with Crippen LogP contribution in [0.4, 0.5) is 24.5 Å². The van der Waals surface area contributed by atoms with E-state index in [1.807, 2.05) is 0 Å². The van der Waals surface area contributed by atoms with Crippen molar-refractivity contribution in [2.24, 2.45) is 0 Å². The Bertz CT molecular complexity index is 485. The predicted octanol–water partition coefficient (Wildman–Crippen LogP) is 2.87. The molecule has 1 atom stereocenters. The second-order valence-corrected chi connectivity index (χ2v) is 4.18. The van der Waals surface area contributed by atoms with Gasteiger partial charge >= 0.3 is 6.18 Å². The van der Waals surface area contributed by atoms with Crippen molar-refractivity contribution in [1.29, 1.82) is 0 Å². The Labute approximate surface area is 103 Å². The summed E-state index contributed by atoms with van der Waals surface area (Å²) in [4.78, 5) is 13.3. The molecule has 1 N–H and O–H groups in total. The SMILES string of the molecule is CCN1C(=O)C(C)Nc2cc(C(F)(F)F)ccc21. The first-order valence-electron chi connectivity index (χ1n) is 5.63. The van der Waals surface area contributed by atoms with Crippen LogP contribution in [0.2, 0.25) is 0 Å². The summed E-state index contributed by atoms with van der Waals surface area (Å²) < 4.78 is 37.8. The molecule has 2 rings (SSSR count). The van der Waals surface area contributed by atoms with Crippen LogP contribution >= 0.6 is 0 Å². The van der Waals surface area contributed by atoms with Gasteiger partial charge in [0.2, 0.25) is 5.91 Å². The number of alkyl halides is 3. The van der Waals surface area contributed by atoms with Gasteiger partial charge in [0, 0.05) is 6.54 Å². The molecule has 1 aliphatic rings. The van der Waals surface area contributed by atoms with Crippen LogP contribution in [0.15, 0.2) is 18.2 Å². The number of nitrogens with zero attached hydrogens (tertiary/aromatic N) is 1. The first kappa shape index (κ1) is 12.7. The third kappa shape index (κ3) is 2.02. The molecular weight excluding hydrogens is 245 g/mol. The van der Waals surface area contributed by atoms with Crippen molar-refractivity contribution in [1.82, 2.24) is 0 Å². The molecule has 98 valence electrons. The summed E-state index contributed by atoms with van der Waals surface area (Å²) in [6.07, 6.45) is -4.38. The van der Waals surface area contributed by atoms with Crippen LogP contribution in [0, 0.1) is 0 Å². The molecule has 0 fully saturated rings. The van der Waals surface area contributed by atoms with Gasteiger partial charge in [0.1, 0.15) is 6.04 Å². The van der Waals surface area contributed by atoms with Crippen LogP contribution in [0.25, 0.3) is 0 Å². The number of fused-ring (bicyclic) bond motifs is 1. The number of carbonyl (C=O) groups excluding carboxylic acids is 1. The number of amides is 1. The molecule has 3 nitrogen and oxygen atoms in total. The molecule has 0 aromatic heterocycles. The maximum Gasteiger partial charge on any atom is 0.416 e. The number of anilines is 2. The van der Waals surface area contributed by atoms with Crippen LogP contribution < -0.4 is 10.2 Å². The third-order valence-corrected chi connectivity index (χ3v) is 2.94. The molecule has 18 heavy (non-hydrogen) atoms. The maximum absolute atomic E-state index is 12.6. The number of benzene rings is 1. The molecule has 1 heterocycles. The molecule has 6 heteroatoms. The minimum atomic E-state index is -4.38. The highest BCUT2D eigenvalue weighted by atomic mass is 19.4. The van der Waals surface area contributed by atoms with E-state index in [-0.39, 0.29) is 5.91 Å². The monoisotopic (exact) mass is 258 g/mol. The average Bonchev–Trinajstić information content (AvgIpc) is 2.29. The van der Waals surface area contributed by atoms with Gasteiger partial charge < -0.3 is 10.2 Å². The number of hydrogen-bond donors (Lipinski definition) is 1. The minimum absolute atomic E-state index is 0.134. The summed E-state index contributed by atoms with van der Waals surface area (Å²) in [5.74, 6) is -0.134. The van der Waals surface area contributed by atoms with E-state index in [1.54, 1.807) is 13.8 Å². The van der Waals surface area contributed by atoms with Gasteiger partial charge in [0.25, 0.3) is 0 Å². The first-order chi connectivity index (χ1) is 8.34. The third-order valence-electron chi connectivity index (χ3n) is 2.94. The van der Waals surface area contributed by atoms with Gasteiger partial charge in [-0.2, -0.15) is 13.2 Å². The number of carbonyl (C=O) groups is 1. The zero-order chi connectivity index (χ0) is 13.5. The molecule has 0 saturated heterocycles. The Morgan fingerprint density at radius 2 is 2.06 bits per heavy atom. The van der Waals surface area contributed by atoms with E-state index in [9.17, 15) is 18.0 Å². The van der Waals surface area contributed by atoms with Crippen LogP contribution in [0.1, 0.15) is 19.4 Å². The van der Waals surface area contributed by atoms with Crippen molar-refractivity contribution >= 4 is 17.3 Å². The summed E-state index contributed by atoms with van der Waals surface area (Å²) in [6.45, 7) is 3.86. The highest BCUT2D eigenvalue weighted by Crippen LogP contribution is 2.37. The molecule has 0 radical (unpaired) electrons. The van der Waals surface area contributed by atoms with E-state index < -0.39 is 17.8 Å². The quantitative estimate of drug-likeness (QED) is 0.840. The van der Waals surface area contributed by atoms with Gasteiger partial charge in [-0.15, -0.1) is 0 Å². The molecule has 1 unspecified atom stereocenters. The topological polar surface area (TPSA) is 32.3 Å². The highest BCUT2D eigenvalue weighted by molar-refractivity contribution is 6.04. The Kier molecular flexibility index (Phi) is 2.96. The van der Waals surface area contributed by atoms with Crippen molar-refractivity contribution in [2.75, 3.05) is 16.8 Å². The summed E-state index contributed by atoms with van der Waals surface area (Å²) >= 11 is 0. The lowest BCUT2D eigenvalue weighted by atomic mass is 10.1. The van der Waals surface area contributed by atoms with Crippen LogP contribution in [0.5, 0.6) is 0 Å². The van der Waals surface area contributed by atoms with Gasteiger partial charge in [-0.05, 0) is 32.0 Å². The van der Waals surface area contributed by atoms with Gasteiger partial charge in [0.05, 0.1) is 16.9 Å². The Morgan fingerprint density at radius 3 is 2.61 bits per heavy atom. The summed E-state index contributed by atoms with van der Waals surface area (Å²) in [6, 6.07) is 2.85. The summed E-state index contributed by atoms with van der Waals surface area (Å²) in [5, 5.41) is 2.80. The molecular formula is C12H13F3N2O. The molecule has 1 amide bonds. The molecule has 0 bridgehead atoms. The normalized spacial score (nSPS) is 19.5. The molecule has 0 saturated carbocycles. The number of halogens is 3. The van der Waals surface area contributed by atoms with E-state index in [4.69, 9.17) is 0 Å². The van der Waals surface area contributed by atoms with E-state index in [0.29, 0.717) is 17.9 Å². The molecule has 1 aromatic carbocycles. The number of hydrogen-bond acceptors (Lipinski definition) is 2. The van der Waals surface area contributed by atoms with E-state index >= 15 is 0 Å². The lowest BCUT2D eigenvalue weighted by molar-refractivity contribution is -0.137. The summed E-state index contributed by atoms with van der Waals surface area (Å²) in [5.41, 5.74) is 0.124. The second-order valence-electron chi connectivity index (χ2n) is 4.18. The molecule has 1 aliphatic heterocycles. The maximum atomic E-state index is 12.6. The zero-order valence-electron chi connectivity index (χ0n) is 10.0. The van der Waals surface area contributed by atoms with Crippen molar-refractivity contribution < 1.29 is 18.0 Å². The lowest BCUT2D eigenvalue weighted by Crippen LogP contribution is -2.45. The Hall–Kier alpha value is -1.72. The fourth-order valence-corrected chi connectivity index (χ4v) is 2.04. The summed E-state index contributed by atoms with van der Waals surface area (Å²) in [7, 11) is 0. The Morgan fingerprint density at radius 1 is 1.39 bits per heavy atom. The van der Waals surface area contributed by atoms with Gasteiger partial charge in [-0.25, -0.2) is 0 Å². The second kappa shape index (κ2) is 4.19. The number of rotatable bonds is 1. The van der Waals surface area contributed by atoms with Crippen molar-refractivity contribution in [2.45, 2.75) is 26.1 Å². The van der Waals surface area contributed by atoms with Gasteiger partial charge in [-0.1, -0.05) is 0 Å². The smallest absolute Gasteiger partial charge is 0.372 e. The lowest BCUT2D eigenvalue weighted by Gasteiger charge is -2.33. The van der Waals surface area contributed by atoms with Crippen LogP contribution in [0.3, 0.4) is 0 Å². The van der Waals surface area contributed by atoms with Gasteiger partial charge in [0.15, 0.2) is 0 Å². The fraction of sp³-hybridized carbons (Fsp3) is 0.417. The van der Waals surface area contributed by atoms with Crippen LogP contribution in [-0.2, 0) is 11.0 Å². The number of nitrogens with one attached hydrogen (secondary N) is 1. The highest BCUT2D eigenvalue weighted by Gasteiger charge is 2.34. The zero-order valence-corrected chi connectivity index (χ0v) is 10.0. The molecule has 0 aliphatic carbocycles.